The number of H-pyrrole nitrogens is 1. The lowest BCUT2D eigenvalue weighted by molar-refractivity contribution is -0.121. The highest BCUT2D eigenvalue weighted by atomic mass is 16.1. The Balaban J connectivity index is 1.46. The predicted molar refractivity (Wildman–Crippen MR) is 102 cm³/mol. The van der Waals surface area contributed by atoms with Gasteiger partial charge in [-0.05, 0) is 56.4 Å². The van der Waals surface area contributed by atoms with Crippen molar-refractivity contribution in [1.82, 2.24) is 10.3 Å². The standard InChI is InChI=1S/C22H24N2O/c1-14-3-6-16(7-4-14)12-22(25)23-17-8-10-21-19(13-17)18-11-15(2)5-9-20(18)24-21/h3-7,9,11,17,24H,8,10,12-13H2,1-2H3,(H,23,25). The molecule has 3 aromatic rings. The van der Waals surface area contributed by atoms with Gasteiger partial charge in [0.15, 0.2) is 0 Å². The highest BCUT2D eigenvalue weighted by molar-refractivity contribution is 5.86. The van der Waals surface area contributed by atoms with E-state index < -0.39 is 0 Å². The normalized spacial score (nSPS) is 16.6. The molecular formula is C22H24N2O. The highest BCUT2D eigenvalue weighted by Gasteiger charge is 2.23. The molecule has 1 aliphatic rings. The molecule has 1 aromatic heterocycles. The molecule has 1 amide bonds. The number of benzene rings is 2. The van der Waals surface area contributed by atoms with E-state index >= 15 is 0 Å². The Kier molecular flexibility index (Phi) is 4.08. The van der Waals surface area contributed by atoms with Crippen LogP contribution >= 0.6 is 0 Å². The monoisotopic (exact) mass is 332 g/mol. The SMILES string of the molecule is Cc1ccc(CC(=O)NC2CCc3[nH]c4ccc(C)cc4c3C2)cc1. The molecule has 128 valence electrons. The van der Waals surface area contributed by atoms with Crippen LogP contribution in [0, 0.1) is 13.8 Å². The summed E-state index contributed by atoms with van der Waals surface area (Å²) in [6.45, 7) is 4.19. The largest absolute Gasteiger partial charge is 0.358 e. The third-order valence-corrected chi connectivity index (χ3v) is 5.19. The molecule has 2 aromatic carbocycles. The highest BCUT2D eigenvalue weighted by Crippen LogP contribution is 2.29. The first kappa shape index (κ1) is 15.9. The molecule has 3 heteroatoms. The Hall–Kier alpha value is -2.55. The van der Waals surface area contributed by atoms with Gasteiger partial charge < -0.3 is 10.3 Å². The Labute approximate surface area is 148 Å². The fourth-order valence-corrected chi connectivity index (χ4v) is 3.82. The molecule has 1 aliphatic carbocycles. The minimum absolute atomic E-state index is 0.119. The number of carbonyl (C=O) groups excluding carboxylic acids is 1. The van der Waals surface area contributed by atoms with Crippen LogP contribution in [0.25, 0.3) is 10.9 Å². The van der Waals surface area contributed by atoms with Crippen molar-refractivity contribution in [3.8, 4) is 0 Å². The summed E-state index contributed by atoms with van der Waals surface area (Å²) in [5, 5.41) is 4.55. The van der Waals surface area contributed by atoms with E-state index in [4.69, 9.17) is 0 Å². The summed E-state index contributed by atoms with van der Waals surface area (Å²) < 4.78 is 0. The van der Waals surface area contributed by atoms with Crippen LogP contribution in [0.15, 0.2) is 42.5 Å². The van der Waals surface area contributed by atoms with Gasteiger partial charge in [-0.3, -0.25) is 4.79 Å². The van der Waals surface area contributed by atoms with Crippen LogP contribution in [0.1, 0.15) is 34.4 Å². The first-order chi connectivity index (χ1) is 12.1. The molecular weight excluding hydrogens is 308 g/mol. The minimum atomic E-state index is 0.119. The number of hydrogen-bond donors (Lipinski definition) is 2. The van der Waals surface area contributed by atoms with Crippen molar-refractivity contribution in [3.05, 3.63) is 70.4 Å². The fraction of sp³-hybridized carbons (Fsp3) is 0.318. The summed E-state index contributed by atoms with van der Waals surface area (Å²) in [4.78, 5) is 16.0. The maximum atomic E-state index is 12.4. The fourth-order valence-electron chi connectivity index (χ4n) is 3.82. The van der Waals surface area contributed by atoms with Crippen LogP contribution in [0.4, 0.5) is 0 Å². The van der Waals surface area contributed by atoms with Crippen LogP contribution in [0.3, 0.4) is 0 Å². The summed E-state index contributed by atoms with van der Waals surface area (Å²) in [7, 11) is 0. The number of amides is 1. The van der Waals surface area contributed by atoms with Crippen molar-refractivity contribution in [1.29, 1.82) is 0 Å². The van der Waals surface area contributed by atoms with E-state index in [9.17, 15) is 4.79 Å². The Morgan fingerprint density at radius 3 is 2.68 bits per heavy atom. The minimum Gasteiger partial charge on any atom is -0.358 e. The molecule has 0 bridgehead atoms. The van der Waals surface area contributed by atoms with E-state index in [0.717, 1.165) is 24.8 Å². The van der Waals surface area contributed by atoms with E-state index in [2.05, 4.69) is 54.5 Å². The molecule has 25 heavy (non-hydrogen) atoms. The summed E-state index contributed by atoms with van der Waals surface area (Å²) in [6, 6.07) is 15.0. The zero-order chi connectivity index (χ0) is 17.4. The second-order valence-electron chi connectivity index (χ2n) is 7.30. The third kappa shape index (κ3) is 3.32. The van der Waals surface area contributed by atoms with Crippen LogP contribution in [-0.2, 0) is 24.1 Å². The molecule has 0 fully saturated rings. The van der Waals surface area contributed by atoms with Gasteiger partial charge >= 0.3 is 0 Å². The molecule has 1 unspecified atom stereocenters. The summed E-state index contributed by atoms with van der Waals surface area (Å²) in [5.41, 5.74) is 7.50. The molecule has 2 N–H and O–H groups in total. The van der Waals surface area contributed by atoms with Gasteiger partial charge in [0.2, 0.25) is 5.91 Å². The Morgan fingerprint density at radius 1 is 1.12 bits per heavy atom. The lowest BCUT2D eigenvalue weighted by Crippen LogP contribution is -2.39. The molecule has 3 nitrogen and oxygen atoms in total. The Bertz CT molecular complexity index is 921. The molecule has 0 spiro atoms. The number of hydrogen-bond acceptors (Lipinski definition) is 1. The van der Waals surface area contributed by atoms with Crippen molar-refractivity contribution in [3.63, 3.8) is 0 Å². The molecule has 0 saturated carbocycles. The van der Waals surface area contributed by atoms with Crippen molar-refractivity contribution < 1.29 is 4.79 Å². The Morgan fingerprint density at radius 2 is 1.88 bits per heavy atom. The number of fused-ring (bicyclic) bond motifs is 3. The van der Waals surface area contributed by atoms with Crippen molar-refractivity contribution in [2.75, 3.05) is 0 Å². The van der Waals surface area contributed by atoms with Gasteiger partial charge in [0.1, 0.15) is 0 Å². The van der Waals surface area contributed by atoms with Gasteiger partial charge in [-0.2, -0.15) is 0 Å². The molecule has 1 atom stereocenters. The molecule has 4 rings (SSSR count). The first-order valence-electron chi connectivity index (χ1n) is 9.03. The van der Waals surface area contributed by atoms with Gasteiger partial charge in [0.25, 0.3) is 0 Å². The average Bonchev–Trinajstić information content (AvgIpc) is 2.94. The van der Waals surface area contributed by atoms with Crippen LogP contribution in [0.5, 0.6) is 0 Å². The second-order valence-corrected chi connectivity index (χ2v) is 7.30. The van der Waals surface area contributed by atoms with E-state index in [1.807, 2.05) is 12.1 Å². The van der Waals surface area contributed by atoms with E-state index in [1.54, 1.807) is 0 Å². The molecule has 0 saturated heterocycles. The zero-order valence-corrected chi connectivity index (χ0v) is 14.9. The number of carbonyl (C=O) groups is 1. The van der Waals surface area contributed by atoms with Crippen LogP contribution in [-0.4, -0.2) is 16.9 Å². The molecule has 1 heterocycles. The van der Waals surface area contributed by atoms with Crippen molar-refractivity contribution in [2.24, 2.45) is 0 Å². The van der Waals surface area contributed by atoms with Crippen molar-refractivity contribution in [2.45, 2.75) is 45.6 Å². The first-order valence-corrected chi connectivity index (χ1v) is 9.03. The topological polar surface area (TPSA) is 44.9 Å². The molecule has 0 aliphatic heterocycles. The second kappa shape index (κ2) is 6.40. The lowest BCUT2D eigenvalue weighted by atomic mass is 9.91. The van der Waals surface area contributed by atoms with Crippen LogP contribution < -0.4 is 5.32 Å². The number of rotatable bonds is 3. The summed E-state index contributed by atoms with van der Waals surface area (Å²) in [5.74, 6) is 0.119. The molecule has 0 radical (unpaired) electrons. The number of aryl methyl sites for hydroxylation is 3. The van der Waals surface area contributed by atoms with Gasteiger partial charge in [0, 0.05) is 22.6 Å². The smallest absolute Gasteiger partial charge is 0.224 e. The van der Waals surface area contributed by atoms with E-state index in [-0.39, 0.29) is 11.9 Å². The lowest BCUT2D eigenvalue weighted by Gasteiger charge is -2.23. The number of aromatic amines is 1. The number of aromatic nitrogens is 1. The maximum absolute atomic E-state index is 12.4. The zero-order valence-electron chi connectivity index (χ0n) is 14.9. The van der Waals surface area contributed by atoms with E-state index in [0.29, 0.717) is 6.42 Å². The van der Waals surface area contributed by atoms with E-state index in [1.165, 1.54) is 33.3 Å². The maximum Gasteiger partial charge on any atom is 0.224 e. The van der Waals surface area contributed by atoms with Crippen molar-refractivity contribution >= 4 is 16.8 Å². The van der Waals surface area contributed by atoms with Gasteiger partial charge in [-0.1, -0.05) is 41.5 Å². The average molecular weight is 332 g/mol. The van der Waals surface area contributed by atoms with Gasteiger partial charge in [-0.25, -0.2) is 0 Å². The van der Waals surface area contributed by atoms with Gasteiger partial charge in [0.05, 0.1) is 6.42 Å². The third-order valence-electron chi connectivity index (χ3n) is 5.19. The number of nitrogens with one attached hydrogen (secondary N) is 2. The van der Waals surface area contributed by atoms with Gasteiger partial charge in [-0.15, -0.1) is 0 Å². The summed E-state index contributed by atoms with van der Waals surface area (Å²) in [6.07, 6.45) is 3.37. The summed E-state index contributed by atoms with van der Waals surface area (Å²) >= 11 is 0. The quantitative estimate of drug-likeness (QED) is 0.748. The van der Waals surface area contributed by atoms with Crippen LogP contribution in [0.2, 0.25) is 0 Å². The predicted octanol–water partition coefficient (Wildman–Crippen LogP) is 4.00.